The summed E-state index contributed by atoms with van der Waals surface area (Å²) in [5.41, 5.74) is 0.777. The summed E-state index contributed by atoms with van der Waals surface area (Å²) >= 11 is 9.46. The molecule has 2 amide bonds. The van der Waals surface area contributed by atoms with Crippen LogP contribution < -0.4 is 10.6 Å². The van der Waals surface area contributed by atoms with Gasteiger partial charge in [0.05, 0.1) is 16.3 Å². The first-order valence-electron chi connectivity index (χ1n) is 8.78. The average Bonchev–Trinajstić information content (AvgIpc) is 3.10. The second-order valence-corrected chi connectivity index (χ2v) is 7.64. The Morgan fingerprint density at radius 2 is 1.67 bits per heavy atom. The van der Waals surface area contributed by atoms with Crippen molar-refractivity contribution in [3.05, 3.63) is 93.4 Å². The van der Waals surface area contributed by atoms with Crippen LogP contribution in [-0.2, 0) is 0 Å². The highest BCUT2D eigenvalue weighted by Crippen LogP contribution is 2.33. The number of nitrogens with one attached hydrogen (secondary N) is 2. The summed E-state index contributed by atoms with van der Waals surface area (Å²) in [4.78, 5) is 25.7. The number of halogens is 3. The molecule has 0 aliphatic heterocycles. The molecule has 0 saturated heterocycles. The number of rotatable bonds is 4. The van der Waals surface area contributed by atoms with Crippen molar-refractivity contribution in [1.29, 1.82) is 0 Å². The van der Waals surface area contributed by atoms with Gasteiger partial charge in [0.25, 0.3) is 11.8 Å². The van der Waals surface area contributed by atoms with E-state index in [9.17, 15) is 14.0 Å². The van der Waals surface area contributed by atoms with Crippen LogP contribution in [0.5, 0.6) is 0 Å². The van der Waals surface area contributed by atoms with Crippen molar-refractivity contribution in [3.8, 4) is 0 Å². The molecule has 0 aliphatic carbocycles. The highest BCUT2D eigenvalue weighted by molar-refractivity contribution is 9.10. The molecule has 150 valence electrons. The standard InChI is InChI=1S/C22H13BrClFN2O3/c23-12-9-10-15(24)14(11-12)21(28)27-19-13-5-1-4-8-18(13)30-20(19)22(29)26-17-7-3-2-6-16(17)25/h1-11H,(H,26,29)(H,27,28). The predicted octanol–water partition coefficient (Wildman–Crippen LogP) is 6.49. The molecule has 0 bridgehead atoms. The number of hydrogen-bond donors (Lipinski definition) is 2. The highest BCUT2D eigenvalue weighted by atomic mass is 79.9. The van der Waals surface area contributed by atoms with Crippen molar-refractivity contribution in [2.75, 3.05) is 10.6 Å². The molecule has 3 aromatic carbocycles. The third-order valence-electron chi connectivity index (χ3n) is 4.34. The van der Waals surface area contributed by atoms with E-state index in [1.54, 1.807) is 48.5 Å². The fourth-order valence-electron chi connectivity index (χ4n) is 2.92. The average molecular weight is 488 g/mol. The van der Waals surface area contributed by atoms with Crippen LogP contribution in [0.15, 0.2) is 75.6 Å². The summed E-state index contributed by atoms with van der Waals surface area (Å²) in [6.45, 7) is 0. The Bertz CT molecular complexity index is 1290. The summed E-state index contributed by atoms with van der Waals surface area (Å²) in [5, 5.41) is 5.95. The third kappa shape index (κ3) is 3.94. The second-order valence-electron chi connectivity index (χ2n) is 6.31. The van der Waals surface area contributed by atoms with E-state index in [1.807, 2.05) is 0 Å². The van der Waals surface area contributed by atoms with E-state index < -0.39 is 17.6 Å². The van der Waals surface area contributed by atoms with E-state index in [2.05, 4.69) is 26.6 Å². The van der Waals surface area contributed by atoms with Gasteiger partial charge in [-0.3, -0.25) is 9.59 Å². The molecular formula is C22H13BrClFN2O3. The van der Waals surface area contributed by atoms with Gasteiger partial charge in [-0.2, -0.15) is 0 Å². The predicted molar refractivity (Wildman–Crippen MR) is 118 cm³/mol. The van der Waals surface area contributed by atoms with E-state index in [4.69, 9.17) is 16.0 Å². The Balaban J connectivity index is 1.73. The first kappa shape index (κ1) is 20.1. The fraction of sp³-hybridized carbons (Fsp3) is 0. The third-order valence-corrected chi connectivity index (χ3v) is 5.16. The van der Waals surface area contributed by atoms with Gasteiger partial charge >= 0.3 is 0 Å². The number of carbonyl (C=O) groups excluding carboxylic acids is 2. The Morgan fingerprint density at radius 1 is 0.933 bits per heavy atom. The van der Waals surface area contributed by atoms with Crippen molar-refractivity contribution in [3.63, 3.8) is 0 Å². The van der Waals surface area contributed by atoms with Crippen LogP contribution in [-0.4, -0.2) is 11.8 Å². The Hall–Kier alpha value is -3.16. The molecule has 8 heteroatoms. The van der Waals surface area contributed by atoms with Gasteiger partial charge in [0.15, 0.2) is 0 Å². The first-order valence-corrected chi connectivity index (χ1v) is 9.95. The zero-order chi connectivity index (χ0) is 21.3. The maximum absolute atomic E-state index is 14.0. The molecule has 1 aromatic heterocycles. The maximum Gasteiger partial charge on any atom is 0.293 e. The van der Waals surface area contributed by atoms with Crippen molar-refractivity contribution >= 4 is 61.7 Å². The van der Waals surface area contributed by atoms with E-state index in [0.29, 0.717) is 15.4 Å². The molecule has 1 heterocycles. The van der Waals surface area contributed by atoms with Crippen molar-refractivity contribution in [2.45, 2.75) is 0 Å². The molecule has 0 spiro atoms. The molecule has 0 atom stereocenters. The maximum atomic E-state index is 14.0. The van der Waals surface area contributed by atoms with E-state index in [1.165, 1.54) is 18.2 Å². The monoisotopic (exact) mass is 486 g/mol. The van der Waals surface area contributed by atoms with Crippen LogP contribution in [0, 0.1) is 5.82 Å². The lowest BCUT2D eigenvalue weighted by Crippen LogP contribution is -2.18. The minimum atomic E-state index is -0.702. The number of carbonyl (C=O) groups is 2. The lowest BCUT2D eigenvalue weighted by molar-refractivity contribution is 0.0999. The molecule has 4 aromatic rings. The van der Waals surface area contributed by atoms with Gasteiger partial charge in [0.2, 0.25) is 5.76 Å². The molecule has 4 rings (SSSR count). The summed E-state index contributed by atoms with van der Waals surface area (Å²) in [6.07, 6.45) is 0. The van der Waals surface area contributed by atoms with Crippen LogP contribution in [0.4, 0.5) is 15.8 Å². The molecule has 0 radical (unpaired) electrons. The minimum Gasteiger partial charge on any atom is -0.449 e. The van der Waals surface area contributed by atoms with Crippen LogP contribution in [0.25, 0.3) is 11.0 Å². The second kappa shape index (κ2) is 8.30. The molecule has 0 unspecified atom stereocenters. The number of amides is 2. The smallest absolute Gasteiger partial charge is 0.293 e. The van der Waals surface area contributed by atoms with Gasteiger partial charge in [-0.05, 0) is 42.5 Å². The van der Waals surface area contributed by atoms with Gasteiger partial charge in [-0.25, -0.2) is 4.39 Å². The fourth-order valence-corrected chi connectivity index (χ4v) is 3.49. The number of para-hydroxylation sites is 2. The largest absolute Gasteiger partial charge is 0.449 e. The Labute approximate surface area is 184 Å². The molecule has 2 N–H and O–H groups in total. The summed E-state index contributed by atoms with van der Waals surface area (Å²) < 4.78 is 20.3. The zero-order valence-electron chi connectivity index (χ0n) is 15.2. The zero-order valence-corrected chi connectivity index (χ0v) is 17.6. The van der Waals surface area contributed by atoms with Crippen molar-refractivity contribution in [1.82, 2.24) is 0 Å². The van der Waals surface area contributed by atoms with Gasteiger partial charge in [0.1, 0.15) is 17.1 Å². The lowest BCUT2D eigenvalue weighted by atomic mass is 10.1. The van der Waals surface area contributed by atoms with E-state index in [0.717, 1.165) is 0 Å². The Kier molecular flexibility index (Phi) is 5.57. The number of fused-ring (bicyclic) bond motifs is 1. The summed E-state index contributed by atoms with van der Waals surface area (Å²) in [5.74, 6) is -1.97. The lowest BCUT2D eigenvalue weighted by Gasteiger charge is -2.09. The highest BCUT2D eigenvalue weighted by Gasteiger charge is 2.24. The molecular weight excluding hydrogens is 475 g/mol. The molecule has 0 fully saturated rings. The van der Waals surface area contributed by atoms with Crippen LogP contribution in [0.3, 0.4) is 0 Å². The quantitative estimate of drug-likeness (QED) is 0.345. The SMILES string of the molecule is O=C(Nc1c(C(=O)Nc2ccccc2F)oc2ccccc12)c1cc(Br)ccc1Cl. The van der Waals surface area contributed by atoms with Crippen LogP contribution in [0.1, 0.15) is 20.9 Å². The number of anilines is 2. The van der Waals surface area contributed by atoms with Crippen molar-refractivity contribution in [2.24, 2.45) is 0 Å². The van der Waals surface area contributed by atoms with Gasteiger partial charge in [-0.15, -0.1) is 0 Å². The molecule has 30 heavy (non-hydrogen) atoms. The molecule has 5 nitrogen and oxygen atoms in total. The molecule has 0 aliphatic rings. The van der Waals surface area contributed by atoms with Crippen LogP contribution in [0.2, 0.25) is 5.02 Å². The van der Waals surface area contributed by atoms with Crippen LogP contribution >= 0.6 is 27.5 Å². The topological polar surface area (TPSA) is 71.3 Å². The summed E-state index contributed by atoms with van der Waals surface area (Å²) in [7, 11) is 0. The first-order chi connectivity index (χ1) is 14.4. The normalized spacial score (nSPS) is 10.8. The molecule has 0 saturated carbocycles. The van der Waals surface area contributed by atoms with Gasteiger partial charge in [-0.1, -0.05) is 51.8 Å². The Morgan fingerprint density at radius 3 is 2.47 bits per heavy atom. The van der Waals surface area contributed by atoms with Crippen molar-refractivity contribution < 1.29 is 18.4 Å². The number of benzene rings is 3. The summed E-state index contributed by atoms with van der Waals surface area (Å²) in [6, 6.07) is 17.5. The minimum absolute atomic E-state index is 0.00438. The number of furan rings is 1. The van der Waals surface area contributed by atoms with Gasteiger partial charge < -0.3 is 15.1 Å². The number of hydrogen-bond acceptors (Lipinski definition) is 3. The van der Waals surface area contributed by atoms with E-state index in [-0.39, 0.29) is 27.7 Å². The van der Waals surface area contributed by atoms with E-state index >= 15 is 0 Å². The van der Waals surface area contributed by atoms with Gasteiger partial charge in [0, 0.05) is 9.86 Å².